The highest BCUT2D eigenvalue weighted by atomic mass is 35.5. The molecule has 0 amide bonds. The van der Waals surface area contributed by atoms with Gasteiger partial charge in [0, 0.05) is 13.1 Å². The van der Waals surface area contributed by atoms with Crippen molar-refractivity contribution >= 4 is 11.6 Å². The molecule has 1 unspecified atom stereocenters. The van der Waals surface area contributed by atoms with Crippen LogP contribution in [0, 0.1) is 5.92 Å². The second-order valence-corrected chi connectivity index (χ2v) is 5.92. The molecular weight excluding hydrogens is 272 g/mol. The van der Waals surface area contributed by atoms with E-state index in [1.54, 1.807) is 7.11 Å². The van der Waals surface area contributed by atoms with E-state index >= 15 is 0 Å². The minimum atomic E-state index is 0.695. The summed E-state index contributed by atoms with van der Waals surface area (Å²) < 4.78 is 5.20. The largest absolute Gasteiger partial charge is 0.495 e. The topological polar surface area (TPSA) is 24.5 Å². The van der Waals surface area contributed by atoms with Crippen molar-refractivity contribution in [1.82, 2.24) is 10.2 Å². The van der Waals surface area contributed by atoms with Gasteiger partial charge in [0.25, 0.3) is 0 Å². The molecule has 0 spiro atoms. The van der Waals surface area contributed by atoms with Crippen LogP contribution in [-0.4, -0.2) is 38.2 Å². The number of benzene rings is 1. The van der Waals surface area contributed by atoms with Crippen LogP contribution >= 0.6 is 11.6 Å². The van der Waals surface area contributed by atoms with Gasteiger partial charge < -0.3 is 10.1 Å². The molecule has 2 rings (SSSR count). The number of hydrogen-bond donors (Lipinski definition) is 1. The fourth-order valence-corrected chi connectivity index (χ4v) is 3.10. The third-order valence-corrected chi connectivity index (χ3v) is 4.28. The summed E-state index contributed by atoms with van der Waals surface area (Å²) in [5.74, 6) is 1.52. The quantitative estimate of drug-likeness (QED) is 0.873. The lowest BCUT2D eigenvalue weighted by Gasteiger charge is -2.29. The first-order valence-corrected chi connectivity index (χ1v) is 7.86. The van der Waals surface area contributed by atoms with Crippen LogP contribution in [0.4, 0.5) is 0 Å². The van der Waals surface area contributed by atoms with Crippen LogP contribution in [0.25, 0.3) is 0 Å². The molecule has 1 aromatic rings. The fourth-order valence-electron chi connectivity index (χ4n) is 2.82. The summed E-state index contributed by atoms with van der Waals surface area (Å²) in [7, 11) is 1.65. The summed E-state index contributed by atoms with van der Waals surface area (Å²) in [6.45, 7) is 7.74. The Balaban J connectivity index is 1.93. The Kier molecular flexibility index (Phi) is 6.14. The standard InChI is InChI=1S/C16H25ClN2O/c1-3-19(12-14-5-4-8-18-10-14)11-13-6-7-16(20-2)15(17)9-13/h6-7,9,14,18H,3-5,8,10-12H2,1-2H3. The van der Waals surface area contributed by atoms with Crippen LogP contribution in [0.15, 0.2) is 18.2 Å². The number of nitrogens with zero attached hydrogens (tertiary/aromatic N) is 1. The first-order chi connectivity index (χ1) is 9.72. The third-order valence-electron chi connectivity index (χ3n) is 3.98. The molecule has 0 bridgehead atoms. The van der Waals surface area contributed by atoms with E-state index in [4.69, 9.17) is 16.3 Å². The van der Waals surface area contributed by atoms with Gasteiger partial charge in [-0.3, -0.25) is 4.90 Å². The van der Waals surface area contributed by atoms with Crippen LogP contribution in [-0.2, 0) is 6.54 Å². The first-order valence-electron chi connectivity index (χ1n) is 7.48. The summed E-state index contributed by atoms with van der Waals surface area (Å²) in [5.41, 5.74) is 1.25. The lowest BCUT2D eigenvalue weighted by molar-refractivity contribution is 0.209. The SMILES string of the molecule is CCN(Cc1ccc(OC)c(Cl)c1)CC1CCCNC1. The van der Waals surface area contributed by atoms with E-state index in [0.717, 1.165) is 37.8 Å². The lowest BCUT2D eigenvalue weighted by atomic mass is 9.99. The molecule has 4 heteroatoms. The van der Waals surface area contributed by atoms with E-state index in [1.165, 1.54) is 24.9 Å². The Morgan fingerprint density at radius 1 is 1.45 bits per heavy atom. The van der Waals surface area contributed by atoms with Crippen LogP contribution in [0.3, 0.4) is 0 Å². The smallest absolute Gasteiger partial charge is 0.137 e. The van der Waals surface area contributed by atoms with Gasteiger partial charge in [-0.25, -0.2) is 0 Å². The summed E-state index contributed by atoms with van der Waals surface area (Å²) in [6, 6.07) is 6.07. The Bertz CT molecular complexity index is 419. The molecule has 20 heavy (non-hydrogen) atoms. The zero-order valence-corrected chi connectivity index (χ0v) is 13.2. The number of nitrogens with one attached hydrogen (secondary N) is 1. The predicted molar refractivity (Wildman–Crippen MR) is 84.5 cm³/mol. The molecule has 1 aliphatic rings. The zero-order valence-electron chi connectivity index (χ0n) is 12.5. The lowest BCUT2D eigenvalue weighted by Crippen LogP contribution is -2.38. The van der Waals surface area contributed by atoms with E-state index in [2.05, 4.69) is 23.2 Å². The van der Waals surface area contributed by atoms with Crippen molar-refractivity contribution in [3.63, 3.8) is 0 Å². The second kappa shape index (κ2) is 7.87. The van der Waals surface area contributed by atoms with Crippen LogP contribution in [0.5, 0.6) is 5.75 Å². The maximum Gasteiger partial charge on any atom is 0.137 e. The van der Waals surface area contributed by atoms with Crippen molar-refractivity contribution in [2.24, 2.45) is 5.92 Å². The second-order valence-electron chi connectivity index (χ2n) is 5.51. The Morgan fingerprint density at radius 3 is 2.90 bits per heavy atom. The average molecular weight is 297 g/mol. The maximum absolute atomic E-state index is 6.19. The number of rotatable bonds is 6. The maximum atomic E-state index is 6.19. The summed E-state index contributed by atoms with van der Waals surface area (Å²) in [5, 5.41) is 4.18. The van der Waals surface area contributed by atoms with Gasteiger partial charge in [0.15, 0.2) is 0 Å². The Hall–Kier alpha value is -0.770. The zero-order chi connectivity index (χ0) is 14.4. The third kappa shape index (κ3) is 4.37. The molecule has 1 atom stereocenters. The summed E-state index contributed by atoms with van der Waals surface area (Å²) >= 11 is 6.19. The van der Waals surface area contributed by atoms with Gasteiger partial charge in [-0.05, 0) is 56.1 Å². The van der Waals surface area contributed by atoms with E-state index in [-0.39, 0.29) is 0 Å². The molecule has 0 aromatic heterocycles. The molecule has 0 saturated carbocycles. The molecule has 1 heterocycles. The summed E-state index contributed by atoms with van der Waals surface area (Å²) in [6.07, 6.45) is 2.64. The van der Waals surface area contributed by atoms with Crippen molar-refractivity contribution < 1.29 is 4.74 Å². The highest BCUT2D eigenvalue weighted by Crippen LogP contribution is 2.25. The first kappa shape index (κ1) is 15.6. The van der Waals surface area contributed by atoms with Crippen molar-refractivity contribution in [2.45, 2.75) is 26.3 Å². The van der Waals surface area contributed by atoms with Crippen molar-refractivity contribution in [2.75, 3.05) is 33.3 Å². The van der Waals surface area contributed by atoms with Crippen molar-refractivity contribution in [1.29, 1.82) is 0 Å². The Morgan fingerprint density at radius 2 is 2.30 bits per heavy atom. The van der Waals surface area contributed by atoms with Crippen LogP contribution < -0.4 is 10.1 Å². The number of hydrogen-bond acceptors (Lipinski definition) is 3. The van der Waals surface area contributed by atoms with Gasteiger partial charge in [0.05, 0.1) is 12.1 Å². The predicted octanol–water partition coefficient (Wildman–Crippen LogP) is 3.17. The van der Waals surface area contributed by atoms with Crippen LogP contribution in [0.2, 0.25) is 5.02 Å². The molecular formula is C16H25ClN2O. The molecule has 3 nitrogen and oxygen atoms in total. The van der Waals surface area contributed by atoms with Gasteiger partial charge in [-0.15, -0.1) is 0 Å². The minimum absolute atomic E-state index is 0.695. The van der Waals surface area contributed by atoms with E-state index in [0.29, 0.717) is 5.02 Å². The molecule has 1 N–H and O–H groups in total. The number of piperidine rings is 1. The molecule has 1 aromatic carbocycles. The van der Waals surface area contributed by atoms with Gasteiger partial charge in [0.2, 0.25) is 0 Å². The Labute approximate surface area is 127 Å². The highest BCUT2D eigenvalue weighted by Gasteiger charge is 2.16. The molecule has 112 valence electrons. The van der Waals surface area contributed by atoms with Gasteiger partial charge in [-0.1, -0.05) is 24.6 Å². The highest BCUT2D eigenvalue weighted by molar-refractivity contribution is 6.32. The monoisotopic (exact) mass is 296 g/mol. The number of halogens is 1. The van der Waals surface area contributed by atoms with Crippen molar-refractivity contribution in [3.8, 4) is 5.75 Å². The van der Waals surface area contributed by atoms with E-state index in [9.17, 15) is 0 Å². The van der Waals surface area contributed by atoms with E-state index in [1.807, 2.05) is 12.1 Å². The van der Waals surface area contributed by atoms with Gasteiger partial charge >= 0.3 is 0 Å². The van der Waals surface area contributed by atoms with E-state index < -0.39 is 0 Å². The minimum Gasteiger partial charge on any atom is -0.495 e. The average Bonchev–Trinajstić information content (AvgIpc) is 2.48. The molecule has 0 aliphatic carbocycles. The molecule has 1 fully saturated rings. The van der Waals surface area contributed by atoms with Gasteiger partial charge in [-0.2, -0.15) is 0 Å². The normalized spacial score (nSPS) is 19.3. The number of methoxy groups -OCH3 is 1. The fraction of sp³-hybridized carbons (Fsp3) is 0.625. The molecule has 1 aliphatic heterocycles. The van der Waals surface area contributed by atoms with Crippen LogP contribution in [0.1, 0.15) is 25.3 Å². The summed E-state index contributed by atoms with van der Waals surface area (Å²) in [4.78, 5) is 2.50. The van der Waals surface area contributed by atoms with Gasteiger partial charge in [0.1, 0.15) is 5.75 Å². The molecule has 0 radical (unpaired) electrons. The molecule has 1 saturated heterocycles. The van der Waals surface area contributed by atoms with Crippen molar-refractivity contribution in [3.05, 3.63) is 28.8 Å². The number of ether oxygens (including phenoxy) is 1.